The minimum atomic E-state index is -0.220. The zero-order valence-electron chi connectivity index (χ0n) is 20.6. The average Bonchev–Trinajstić information content (AvgIpc) is 3.43. The summed E-state index contributed by atoms with van der Waals surface area (Å²) in [5.41, 5.74) is 2.56. The van der Waals surface area contributed by atoms with Crippen LogP contribution in [0.4, 0.5) is 0 Å². The molecule has 1 saturated heterocycles. The standard InChI is InChI=1S/C29H31N5O2/c1-2-25(35)10-6-14-33-15-16-34(29(36)24-9-5-13-30-18-24)27(20-33)28-31-19-26(32-28)23-12-11-21-7-3-4-8-22(21)17-23/h3-5,7-9,11-13,17-19,27H,2,6,10,14-16,20H2,1H3,(H,31,32). The number of amides is 1. The van der Waals surface area contributed by atoms with Gasteiger partial charge in [0, 0.05) is 50.4 Å². The number of piperazine rings is 1. The lowest BCUT2D eigenvalue weighted by Gasteiger charge is -2.40. The molecule has 2 aromatic carbocycles. The Bertz CT molecular complexity index is 1350. The predicted molar refractivity (Wildman–Crippen MR) is 141 cm³/mol. The van der Waals surface area contributed by atoms with E-state index in [9.17, 15) is 9.59 Å². The molecule has 1 aliphatic rings. The second-order valence-corrected chi connectivity index (χ2v) is 9.30. The first-order valence-corrected chi connectivity index (χ1v) is 12.6. The first kappa shape index (κ1) is 23.9. The second kappa shape index (κ2) is 10.8. The highest BCUT2D eigenvalue weighted by Gasteiger charge is 2.34. The Morgan fingerprint density at radius 2 is 1.89 bits per heavy atom. The Morgan fingerprint density at radius 1 is 1.03 bits per heavy atom. The molecule has 3 heterocycles. The van der Waals surface area contributed by atoms with E-state index in [0.717, 1.165) is 36.6 Å². The van der Waals surface area contributed by atoms with Gasteiger partial charge in [-0.3, -0.25) is 19.5 Å². The molecule has 5 rings (SSSR count). The summed E-state index contributed by atoms with van der Waals surface area (Å²) in [6.45, 7) is 4.75. The van der Waals surface area contributed by atoms with Crippen LogP contribution in [0.3, 0.4) is 0 Å². The molecule has 0 saturated carbocycles. The number of nitrogens with zero attached hydrogens (tertiary/aromatic N) is 4. The molecule has 1 unspecified atom stereocenters. The van der Waals surface area contributed by atoms with E-state index >= 15 is 0 Å². The summed E-state index contributed by atoms with van der Waals surface area (Å²) < 4.78 is 0. The van der Waals surface area contributed by atoms with Crippen LogP contribution in [0.2, 0.25) is 0 Å². The van der Waals surface area contributed by atoms with Gasteiger partial charge in [-0.15, -0.1) is 0 Å². The van der Waals surface area contributed by atoms with Crippen LogP contribution in [0.5, 0.6) is 0 Å². The molecular weight excluding hydrogens is 450 g/mol. The Morgan fingerprint density at radius 3 is 2.69 bits per heavy atom. The summed E-state index contributed by atoms with van der Waals surface area (Å²) in [5, 5.41) is 2.36. The van der Waals surface area contributed by atoms with E-state index in [2.05, 4.69) is 45.2 Å². The summed E-state index contributed by atoms with van der Waals surface area (Å²) in [6.07, 6.45) is 7.15. The van der Waals surface area contributed by atoms with Crippen molar-refractivity contribution in [1.29, 1.82) is 0 Å². The van der Waals surface area contributed by atoms with Crippen LogP contribution in [-0.4, -0.2) is 62.6 Å². The molecule has 0 spiro atoms. The number of Topliss-reactive ketones (excluding diaryl/α,β-unsaturated/α-hetero) is 1. The lowest BCUT2D eigenvalue weighted by atomic mass is 10.1. The number of aromatic nitrogens is 3. The number of benzene rings is 2. The van der Waals surface area contributed by atoms with E-state index in [1.165, 1.54) is 10.8 Å². The molecule has 2 aromatic heterocycles. The molecule has 36 heavy (non-hydrogen) atoms. The number of carbonyl (C=O) groups excluding carboxylic acids is 2. The minimum absolute atomic E-state index is 0.0439. The van der Waals surface area contributed by atoms with Crippen LogP contribution in [0.1, 0.15) is 48.4 Å². The number of aromatic amines is 1. The average molecular weight is 482 g/mol. The van der Waals surface area contributed by atoms with Crippen LogP contribution in [0.25, 0.3) is 22.0 Å². The molecule has 0 aliphatic carbocycles. The molecule has 184 valence electrons. The van der Waals surface area contributed by atoms with E-state index < -0.39 is 0 Å². The third kappa shape index (κ3) is 5.21. The number of hydrogen-bond acceptors (Lipinski definition) is 5. The number of ketones is 1. The SMILES string of the molecule is CCC(=O)CCCN1CCN(C(=O)c2cccnc2)C(c2ncc(-c3ccc4ccccc4c3)[nH]2)C1. The van der Waals surface area contributed by atoms with Crippen LogP contribution in [-0.2, 0) is 4.79 Å². The van der Waals surface area contributed by atoms with Crippen molar-refractivity contribution >= 4 is 22.5 Å². The number of imidazole rings is 1. The van der Waals surface area contributed by atoms with Gasteiger partial charge in [-0.05, 0) is 41.9 Å². The highest BCUT2D eigenvalue weighted by atomic mass is 16.2. The number of carbonyl (C=O) groups is 2. The van der Waals surface area contributed by atoms with Gasteiger partial charge in [0.15, 0.2) is 0 Å². The number of H-pyrrole nitrogens is 1. The van der Waals surface area contributed by atoms with Crippen molar-refractivity contribution in [2.24, 2.45) is 0 Å². The second-order valence-electron chi connectivity index (χ2n) is 9.30. The quantitative estimate of drug-likeness (QED) is 0.388. The van der Waals surface area contributed by atoms with Crippen molar-refractivity contribution in [1.82, 2.24) is 24.8 Å². The Hall–Kier alpha value is -3.84. The van der Waals surface area contributed by atoms with Crippen molar-refractivity contribution in [2.45, 2.75) is 32.2 Å². The summed E-state index contributed by atoms with van der Waals surface area (Å²) in [4.78, 5) is 41.8. The minimum Gasteiger partial charge on any atom is -0.340 e. The van der Waals surface area contributed by atoms with Crippen molar-refractivity contribution in [3.63, 3.8) is 0 Å². The van der Waals surface area contributed by atoms with Gasteiger partial charge in [0.05, 0.1) is 17.5 Å². The van der Waals surface area contributed by atoms with Crippen molar-refractivity contribution < 1.29 is 9.59 Å². The third-order valence-corrected chi connectivity index (χ3v) is 6.93. The Balaban J connectivity index is 1.40. The van der Waals surface area contributed by atoms with Crippen LogP contribution in [0, 0.1) is 0 Å². The fourth-order valence-electron chi connectivity index (χ4n) is 4.86. The van der Waals surface area contributed by atoms with Crippen molar-refractivity contribution in [3.05, 3.63) is 84.6 Å². The van der Waals surface area contributed by atoms with Gasteiger partial charge in [0.1, 0.15) is 17.6 Å². The monoisotopic (exact) mass is 481 g/mol. The number of rotatable bonds is 8. The van der Waals surface area contributed by atoms with E-state index in [0.29, 0.717) is 37.3 Å². The fraction of sp³-hybridized carbons (Fsp3) is 0.310. The molecule has 1 aliphatic heterocycles. The number of hydrogen-bond donors (Lipinski definition) is 1. The molecule has 1 amide bonds. The van der Waals surface area contributed by atoms with E-state index in [1.54, 1.807) is 24.5 Å². The van der Waals surface area contributed by atoms with Crippen LogP contribution >= 0.6 is 0 Å². The third-order valence-electron chi connectivity index (χ3n) is 6.93. The normalized spacial score (nSPS) is 16.4. The lowest BCUT2D eigenvalue weighted by Crippen LogP contribution is -2.51. The molecule has 4 aromatic rings. The first-order valence-electron chi connectivity index (χ1n) is 12.6. The van der Waals surface area contributed by atoms with Crippen molar-refractivity contribution in [3.8, 4) is 11.3 Å². The van der Waals surface area contributed by atoms with Gasteiger partial charge in [-0.25, -0.2) is 4.98 Å². The topological polar surface area (TPSA) is 82.2 Å². The lowest BCUT2D eigenvalue weighted by molar-refractivity contribution is -0.118. The van der Waals surface area contributed by atoms with Gasteiger partial charge in [0.2, 0.25) is 0 Å². The zero-order chi connectivity index (χ0) is 24.9. The predicted octanol–water partition coefficient (Wildman–Crippen LogP) is 4.88. The van der Waals surface area contributed by atoms with Gasteiger partial charge < -0.3 is 9.88 Å². The highest BCUT2D eigenvalue weighted by molar-refractivity contribution is 5.94. The van der Waals surface area contributed by atoms with Crippen LogP contribution < -0.4 is 0 Å². The maximum absolute atomic E-state index is 13.4. The van der Waals surface area contributed by atoms with E-state index in [-0.39, 0.29) is 11.9 Å². The largest absolute Gasteiger partial charge is 0.340 e. The molecule has 0 radical (unpaired) electrons. The van der Waals surface area contributed by atoms with E-state index in [1.807, 2.05) is 30.2 Å². The summed E-state index contributed by atoms with van der Waals surface area (Å²) in [7, 11) is 0. The maximum Gasteiger partial charge on any atom is 0.256 e. The summed E-state index contributed by atoms with van der Waals surface area (Å²) >= 11 is 0. The first-order chi connectivity index (χ1) is 17.6. The maximum atomic E-state index is 13.4. The highest BCUT2D eigenvalue weighted by Crippen LogP contribution is 2.29. The number of pyridine rings is 1. The molecule has 7 heteroatoms. The fourth-order valence-corrected chi connectivity index (χ4v) is 4.86. The molecule has 1 atom stereocenters. The number of nitrogens with one attached hydrogen (secondary N) is 1. The summed E-state index contributed by atoms with van der Waals surface area (Å²) in [6, 6.07) is 18.0. The molecule has 1 N–H and O–H groups in total. The smallest absolute Gasteiger partial charge is 0.256 e. The number of fused-ring (bicyclic) bond motifs is 1. The van der Waals surface area contributed by atoms with Gasteiger partial charge in [-0.1, -0.05) is 43.3 Å². The summed E-state index contributed by atoms with van der Waals surface area (Å²) in [5.74, 6) is 1.02. The zero-order valence-corrected chi connectivity index (χ0v) is 20.6. The van der Waals surface area contributed by atoms with Gasteiger partial charge in [-0.2, -0.15) is 0 Å². The molecule has 1 fully saturated rings. The molecule has 0 bridgehead atoms. The Kier molecular flexibility index (Phi) is 7.18. The molecular formula is C29H31N5O2. The van der Waals surface area contributed by atoms with E-state index in [4.69, 9.17) is 4.98 Å². The van der Waals surface area contributed by atoms with Crippen molar-refractivity contribution in [2.75, 3.05) is 26.2 Å². The van der Waals surface area contributed by atoms with Gasteiger partial charge >= 0.3 is 0 Å². The molecule has 7 nitrogen and oxygen atoms in total. The van der Waals surface area contributed by atoms with Crippen LogP contribution in [0.15, 0.2) is 73.2 Å². The van der Waals surface area contributed by atoms with Gasteiger partial charge in [0.25, 0.3) is 5.91 Å². The Labute approximate surface area is 211 Å².